The molecule has 0 spiro atoms. The highest BCUT2D eigenvalue weighted by Crippen LogP contribution is 2.46. The van der Waals surface area contributed by atoms with E-state index in [1.54, 1.807) is 18.2 Å². The molecule has 0 radical (unpaired) electrons. The number of para-hydroxylation sites is 2. The van der Waals surface area contributed by atoms with Crippen molar-refractivity contribution in [3.05, 3.63) is 485 Å². The van der Waals surface area contributed by atoms with Crippen molar-refractivity contribution in [2.24, 2.45) is 0 Å². The third kappa shape index (κ3) is 15.2. The lowest BCUT2D eigenvalue weighted by molar-refractivity contribution is 0.628. The number of benzene rings is 24. The standard InChI is InChI=1S/2C49H29N3O.C34H20F2N2/c1-2-12-33(13-3-1)47-50-48(35-23-27-45-43(29-35)41-16-8-9-17-44(41)53-45)52-49(51-47)46-37-15-7-5-11-31(37)20-24-38(46)34-19-18-32-22-25-39-36-14-6-4-10-30(36)21-26-40(39)42(32)28-34;1-2-11-32(12-3-1)47-50-48(36-22-25-46-43(29-36)40-16-8-9-17-45(40)53-46)52-49(51-47)44-27-34-14-5-4-13-33(34)26-42(44)35-19-18-31-21-23-38-37-15-7-6-10-30(37)20-24-39(38)41(31)28-35;35-26-8-3-6-23(17-26)32-20-33(24-7-4-9-27(36)18-24)38-34(37-32)25-12-11-22-14-15-29-28-10-2-1-5-21(28)13-16-30(29)31(22)19-25/h2*1-29H;1-20H. The van der Waals surface area contributed by atoms with Crippen LogP contribution in [0.5, 0.6) is 0 Å². The molecule has 24 aromatic carbocycles. The smallest absolute Gasteiger partial charge is 0.165 e. The van der Waals surface area contributed by atoms with E-state index in [9.17, 15) is 8.78 Å². The minimum Gasteiger partial charge on any atom is -0.456 e. The van der Waals surface area contributed by atoms with Crippen molar-refractivity contribution in [1.29, 1.82) is 0 Å². The summed E-state index contributed by atoms with van der Waals surface area (Å²) >= 11 is 0. The molecule has 0 fully saturated rings. The molecule has 0 atom stereocenters. The molecule has 0 saturated carbocycles. The molecule has 0 unspecified atom stereocenters. The van der Waals surface area contributed by atoms with Crippen LogP contribution in [0, 0.1) is 11.6 Å². The lowest BCUT2D eigenvalue weighted by atomic mass is 9.90. The fourth-order valence-corrected chi connectivity index (χ4v) is 20.9. The molecule has 5 heterocycles. The summed E-state index contributed by atoms with van der Waals surface area (Å²) in [5.74, 6) is 3.51. The van der Waals surface area contributed by atoms with Gasteiger partial charge in [0.2, 0.25) is 0 Å². The summed E-state index contributed by atoms with van der Waals surface area (Å²) in [5, 5.41) is 30.4. The van der Waals surface area contributed by atoms with E-state index in [0.717, 1.165) is 143 Å². The molecule has 0 amide bonds. The zero-order valence-electron chi connectivity index (χ0n) is 77.2. The third-order valence-corrected chi connectivity index (χ3v) is 28.0. The topological polar surface area (TPSA) is 129 Å². The van der Waals surface area contributed by atoms with Crippen LogP contribution in [0.2, 0.25) is 0 Å². The van der Waals surface area contributed by atoms with E-state index >= 15 is 0 Å². The number of nitrogens with zero attached hydrogens (tertiary/aromatic N) is 8. The Balaban J connectivity index is 0.000000109. The monoisotopic (exact) mass is 1840 g/mol. The second-order valence-corrected chi connectivity index (χ2v) is 36.5. The highest BCUT2D eigenvalue weighted by molar-refractivity contribution is 6.22. The zero-order valence-corrected chi connectivity index (χ0v) is 77.2. The molecule has 0 aliphatic heterocycles. The Morgan fingerprint density at radius 3 is 0.875 bits per heavy atom. The van der Waals surface area contributed by atoms with Crippen molar-refractivity contribution in [2.75, 3.05) is 0 Å². The van der Waals surface area contributed by atoms with Gasteiger partial charge in [0.15, 0.2) is 40.8 Å². The van der Waals surface area contributed by atoms with Gasteiger partial charge in [-0.15, -0.1) is 0 Å². The van der Waals surface area contributed by atoms with Gasteiger partial charge >= 0.3 is 0 Å². The van der Waals surface area contributed by atoms with Crippen LogP contribution >= 0.6 is 0 Å². The lowest BCUT2D eigenvalue weighted by Crippen LogP contribution is -2.01. The normalized spacial score (nSPS) is 11.7. The first-order chi connectivity index (χ1) is 71.1. The largest absolute Gasteiger partial charge is 0.456 e. The number of hydrogen-bond donors (Lipinski definition) is 0. The van der Waals surface area contributed by atoms with Crippen LogP contribution in [0.3, 0.4) is 0 Å². The molecule has 10 nitrogen and oxygen atoms in total. The van der Waals surface area contributed by atoms with Gasteiger partial charge in [-0.2, -0.15) is 0 Å². The van der Waals surface area contributed by atoms with E-state index in [0.29, 0.717) is 63.3 Å². The van der Waals surface area contributed by atoms with Gasteiger partial charge in [0.1, 0.15) is 34.0 Å². The quantitative estimate of drug-likeness (QED) is 0.115. The molecule has 29 rings (SSSR count). The van der Waals surface area contributed by atoms with Crippen molar-refractivity contribution < 1.29 is 17.6 Å². The van der Waals surface area contributed by atoms with Gasteiger partial charge in [-0.3, -0.25) is 0 Å². The Morgan fingerprint density at radius 1 is 0.139 bits per heavy atom. The fraction of sp³-hybridized carbons (Fsp3) is 0. The summed E-state index contributed by atoms with van der Waals surface area (Å²) in [5.41, 5.74) is 16.5. The Labute approximate surface area is 823 Å². The van der Waals surface area contributed by atoms with E-state index in [1.165, 1.54) is 105 Å². The molecule has 12 heteroatoms. The summed E-state index contributed by atoms with van der Waals surface area (Å²) in [6, 6.07) is 161. The number of aromatic nitrogens is 8. The molecule has 0 saturated heterocycles. The third-order valence-electron chi connectivity index (χ3n) is 28.0. The Kier molecular flexibility index (Phi) is 20.4. The predicted octanol–water partition coefficient (Wildman–Crippen LogP) is 35.3. The van der Waals surface area contributed by atoms with Gasteiger partial charge < -0.3 is 8.83 Å². The van der Waals surface area contributed by atoms with Gasteiger partial charge in [-0.1, -0.05) is 364 Å². The number of fused-ring (bicyclic) bond motifs is 23. The van der Waals surface area contributed by atoms with Gasteiger partial charge in [0.25, 0.3) is 0 Å². The van der Waals surface area contributed by atoms with Crippen LogP contribution < -0.4 is 0 Å². The van der Waals surface area contributed by atoms with Crippen molar-refractivity contribution in [1.82, 2.24) is 39.9 Å². The number of rotatable bonds is 11. The van der Waals surface area contributed by atoms with Crippen molar-refractivity contribution in [2.45, 2.75) is 0 Å². The van der Waals surface area contributed by atoms with Crippen LogP contribution in [-0.4, -0.2) is 39.9 Å². The minimum absolute atomic E-state index is 0.348. The maximum atomic E-state index is 14.1. The molecule has 0 aliphatic carbocycles. The first-order valence-corrected chi connectivity index (χ1v) is 48.1. The van der Waals surface area contributed by atoms with Crippen LogP contribution in [-0.2, 0) is 0 Å². The number of hydrogen-bond acceptors (Lipinski definition) is 10. The van der Waals surface area contributed by atoms with Crippen molar-refractivity contribution in [3.8, 4) is 124 Å². The maximum absolute atomic E-state index is 14.1. The first kappa shape index (κ1) is 84.0. The molecular formula is C132H78F2N8O2. The fourth-order valence-electron chi connectivity index (χ4n) is 20.9. The summed E-state index contributed by atoms with van der Waals surface area (Å²) in [7, 11) is 0. The molecule has 672 valence electrons. The van der Waals surface area contributed by atoms with Gasteiger partial charge in [0, 0.05) is 71.6 Å². The predicted molar refractivity (Wildman–Crippen MR) is 589 cm³/mol. The van der Waals surface area contributed by atoms with E-state index in [-0.39, 0.29) is 11.6 Å². The van der Waals surface area contributed by atoms with Crippen LogP contribution in [0.15, 0.2) is 482 Å². The molecule has 0 bridgehead atoms. The molecular weight excluding hydrogens is 1770 g/mol. The van der Waals surface area contributed by atoms with E-state index in [4.69, 9.17) is 48.7 Å². The summed E-state index contributed by atoms with van der Waals surface area (Å²) in [6.07, 6.45) is 0. The first-order valence-electron chi connectivity index (χ1n) is 48.1. The second kappa shape index (κ2) is 35.0. The van der Waals surface area contributed by atoms with Crippen molar-refractivity contribution in [3.63, 3.8) is 0 Å². The number of halogens is 2. The molecule has 5 aromatic heterocycles. The number of furan rings is 2. The van der Waals surface area contributed by atoms with Crippen molar-refractivity contribution >= 4 is 162 Å². The van der Waals surface area contributed by atoms with Crippen LogP contribution in [0.25, 0.3) is 287 Å². The maximum Gasteiger partial charge on any atom is 0.165 e. The van der Waals surface area contributed by atoms with E-state index in [2.05, 4.69) is 309 Å². The van der Waals surface area contributed by atoms with Gasteiger partial charge in [-0.05, 0) is 250 Å². The Hall–Kier alpha value is -19.3. The lowest BCUT2D eigenvalue weighted by Gasteiger charge is -2.16. The Morgan fingerprint density at radius 2 is 0.431 bits per heavy atom. The average Bonchev–Trinajstić information content (AvgIpc) is 0.815. The molecule has 0 aliphatic rings. The van der Waals surface area contributed by atoms with Crippen LogP contribution in [0.1, 0.15) is 0 Å². The van der Waals surface area contributed by atoms with E-state index in [1.807, 2.05) is 121 Å². The molecule has 0 N–H and O–H groups in total. The highest BCUT2D eigenvalue weighted by Gasteiger charge is 2.25. The SMILES string of the molecule is Fc1cccc(-c2cc(-c3cccc(F)c3)nc(-c3ccc4ccc5c6ccccc6ccc5c4c3)n2)c1.c1ccc(-c2nc(-c3ccc4oc5ccccc5c4c3)nc(-c3c(-c4ccc5ccc6c7ccccc7ccc6c5c4)ccc4ccccc34)n2)cc1.c1ccc(-c2nc(-c3ccc4oc5ccccc5c4c3)nc(-c3cc4ccccc4cc3-c3ccc4ccc5c6ccccc6ccc5c4c3)n2)cc1. The van der Waals surface area contributed by atoms with E-state index < -0.39 is 0 Å². The summed E-state index contributed by atoms with van der Waals surface area (Å²) in [6.45, 7) is 0. The average molecular weight is 1850 g/mol. The minimum atomic E-state index is -0.348. The highest BCUT2D eigenvalue weighted by atomic mass is 19.1. The molecule has 144 heavy (non-hydrogen) atoms. The Bertz CT molecular complexity index is 10100. The van der Waals surface area contributed by atoms with Crippen LogP contribution in [0.4, 0.5) is 8.78 Å². The molecule has 29 aromatic rings. The summed E-state index contributed by atoms with van der Waals surface area (Å²) in [4.78, 5) is 40.8. The van der Waals surface area contributed by atoms with Gasteiger partial charge in [-0.25, -0.2) is 48.7 Å². The second-order valence-electron chi connectivity index (χ2n) is 36.5. The summed E-state index contributed by atoms with van der Waals surface area (Å²) < 4.78 is 40.5. The zero-order chi connectivity index (χ0) is 95.4. The van der Waals surface area contributed by atoms with Gasteiger partial charge in [0.05, 0.1) is 11.4 Å².